The number of nitrogens with one attached hydrogen (secondary N) is 2. The molecule has 1 saturated carbocycles. The zero-order valence-corrected chi connectivity index (χ0v) is 12.2. The molecule has 2 N–H and O–H groups in total. The summed E-state index contributed by atoms with van der Waals surface area (Å²) in [5.41, 5.74) is 0. The van der Waals surface area contributed by atoms with Crippen LogP contribution in [0.5, 0.6) is 0 Å². The number of hydrogen-bond acceptors (Lipinski definition) is 4. The van der Waals surface area contributed by atoms with Gasteiger partial charge >= 0.3 is 5.97 Å². The molecule has 1 amide bonds. The molecule has 1 rings (SSSR count). The molecule has 0 aromatic carbocycles. The lowest BCUT2D eigenvalue weighted by Gasteiger charge is -2.25. The summed E-state index contributed by atoms with van der Waals surface area (Å²) in [6, 6.07) is -0.179. The molecule has 0 spiro atoms. The van der Waals surface area contributed by atoms with Crippen LogP contribution in [0.15, 0.2) is 0 Å². The van der Waals surface area contributed by atoms with Gasteiger partial charge in [-0.3, -0.25) is 4.79 Å². The smallest absolute Gasteiger partial charge is 0.329 e. The molecule has 1 aliphatic carbocycles. The van der Waals surface area contributed by atoms with Crippen LogP contribution in [0.2, 0.25) is 0 Å². The van der Waals surface area contributed by atoms with E-state index in [1.54, 1.807) is 0 Å². The second-order valence-corrected chi connectivity index (χ2v) is 5.41. The Morgan fingerprint density at radius 3 is 2.58 bits per heavy atom. The third-order valence-corrected chi connectivity index (χ3v) is 3.81. The summed E-state index contributed by atoms with van der Waals surface area (Å²) in [6.45, 7) is 4.08. The lowest BCUT2D eigenvalue weighted by atomic mass is 9.97. The van der Waals surface area contributed by atoms with Crippen LogP contribution >= 0.6 is 0 Å². The van der Waals surface area contributed by atoms with Gasteiger partial charge in [-0.15, -0.1) is 0 Å². The molecule has 1 aliphatic rings. The van der Waals surface area contributed by atoms with E-state index in [1.807, 2.05) is 0 Å². The fraction of sp³-hybridized carbons (Fsp3) is 0.857. The van der Waals surface area contributed by atoms with Gasteiger partial charge in [0, 0.05) is 19.5 Å². The molecule has 19 heavy (non-hydrogen) atoms. The fourth-order valence-corrected chi connectivity index (χ4v) is 2.65. The molecule has 0 heterocycles. The minimum absolute atomic E-state index is 0.217. The van der Waals surface area contributed by atoms with E-state index >= 15 is 0 Å². The van der Waals surface area contributed by atoms with Crippen molar-refractivity contribution < 1.29 is 14.3 Å². The molecule has 0 aliphatic heterocycles. The highest BCUT2D eigenvalue weighted by Crippen LogP contribution is 2.22. The van der Waals surface area contributed by atoms with Crippen LogP contribution in [-0.2, 0) is 14.3 Å². The maximum Gasteiger partial charge on any atom is 0.329 e. The Balaban J connectivity index is 2.49. The van der Waals surface area contributed by atoms with Crippen molar-refractivity contribution in [3.8, 4) is 0 Å². The van der Waals surface area contributed by atoms with Crippen LogP contribution in [0.1, 0.15) is 46.0 Å². The van der Waals surface area contributed by atoms with Gasteiger partial charge in [-0.05, 0) is 18.8 Å². The van der Waals surface area contributed by atoms with Gasteiger partial charge in [0.15, 0.2) is 0 Å². The van der Waals surface area contributed by atoms with E-state index in [4.69, 9.17) is 4.74 Å². The molecule has 5 heteroatoms. The molecule has 110 valence electrons. The molecule has 0 aromatic heterocycles. The second kappa shape index (κ2) is 8.15. The van der Waals surface area contributed by atoms with Gasteiger partial charge in [0.25, 0.3) is 0 Å². The van der Waals surface area contributed by atoms with Crippen LogP contribution in [0.25, 0.3) is 0 Å². The molecular formula is C14H26N2O3. The third kappa shape index (κ3) is 5.59. The Kier molecular flexibility index (Phi) is 6.84. The standard InChI is InChI=1S/C14H26N2O3/c1-10-7-5-4-6-8-12(10)15-9-13(14(18)19-3)16-11(2)17/h10,12-13,15H,4-9H2,1-3H3,(H,16,17). The maximum atomic E-state index is 11.6. The van der Waals surface area contributed by atoms with Gasteiger partial charge in [0.1, 0.15) is 6.04 Å². The molecular weight excluding hydrogens is 244 g/mol. The first-order valence-corrected chi connectivity index (χ1v) is 7.13. The number of methoxy groups -OCH3 is 1. The summed E-state index contributed by atoms with van der Waals surface area (Å²) >= 11 is 0. The quantitative estimate of drug-likeness (QED) is 0.582. The van der Waals surface area contributed by atoms with Crippen molar-refractivity contribution in [1.29, 1.82) is 0 Å². The number of hydrogen-bond donors (Lipinski definition) is 2. The average Bonchev–Trinajstić information content (AvgIpc) is 2.58. The summed E-state index contributed by atoms with van der Waals surface area (Å²) in [7, 11) is 1.34. The lowest BCUT2D eigenvalue weighted by Crippen LogP contribution is -2.50. The summed E-state index contributed by atoms with van der Waals surface area (Å²) in [6.07, 6.45) is 6.15. The first kappa shape index (κ1) is 16.0. The lowest BCUT2D eigenvalue weighted by molar-refractivity contribution is -0.144. The van der Waals surface area contributed by atoms with E-state index in [2.05, 4.69) is 17.6 Å². The molecule has 5 nitrogen and oxygen atoms in total. The van der Waals surface area contributed by atoms with Crippen molar-refractivity contribution in [3.63, 3.8) is 0 Å². The minimum atomic E-state index is -0.599. The fourth-order valence-electron chi connectivity index (χ4n) is 2.65. The number of rotatable bonds is 5. The Labute approximate surface area is 115 Å². The third-order valence-electron chi connectivity index (χ3n) is 3.81. The van der Waals surface area contributed by atoms with E-state index < -0.39 is 12.0 Å². The normalized spacial score (nSPS) is 25.2. The van der Waals surface area contributed by atoms with Crippen molar-refractivity contribution in [2.75, 3.05) is 13.7 Å². The van der Waals surface area contributed by atoms with E-state index in [9.17, 15) is 9.59 Å². The Hall–Kier alpha value is -1.10. The first-order chi connectivity index (χ1) is 9.04. The van der Waals surface area contributed by atoms with E-state index in [0.717, 1.165) is 6.42 Å². The largest absolute Gasteiger partial charge is 0.467 e. The Bertz CT molecular complexity index is 307. The van der Waals surface area contributed by atoms with Crippen molar-refractivity contribution >= 4 is 11.9 Å². The maximum absolute atomic E-state index is 11.6. The van der Waals surface area contributed by atoms with Crippen LogP contribution < -0.4 is 10.6 Å². The van der Waals surface area contributed by atoms with Crippen LogP contribution in [0, 0.1) is 5.92 Å². The van der Waals surface area contributed by atoms with Crippen LogP contribution in [0.4, 0.5) is 0 Å². The van der Waals surface area contributed by atoms with Crippen molar-refractivity contribution in [2.45, 2.75) is 58.0 Å². The number of carbonyl (C=O) groups excluding carboxylic acids is 2. The predicted molar refractivity (Wildman–Crippen MR) is 73.7 cm³/mol. The highest BCUT2D eigenvalue weighted by molar-refractivity contribution is 5.83. The number of ether oxygens (including phenoxy) is 1. The number of amides is 1. The number of carbonyl (C=O) groups is 2. The van der Waals surface area contributed by atoms with Gasteiger partial charge in [0.2, 0.25) is 5.91 Å². The monoisotopic (exact) mass is 270 g/mol. The van der Waals surface area contributed by atoms with Crippen molar-refractivity contribution in [2.24, 2.45) is 5.92 Å². The SMILES string of the molecule is COC(=O)C(CNC1CCCCCC1C)NC(C)=O. The average molecular weight is 270 g/mol. The zero-order valence-electron chi connectivity index (χ0n) is 12.2. The molecule has 0 bridgehead atoms. The summed E-state index contributed by atoms with van der Waals surface area (Å²) in [5, 5.41) is 6.04. The topological polar surface area (TPSA) is 67.4 Å². The molecule has 1 fully saturated rings. The molecule has 0 aromatic rings. The second-order valence-electron chi connectivity index (χ2n) is 5.41. The molecule has 3 unspecified atom stereocenters. The Morgan fingerprint density at radius 1 is 1.26 bits per heavy atom. The van der Waals surface area contributed by atoms with E-state index in [0.29, 0.717) is 18.5 Å². The summed E-state index contributed by atoms with van der Waals surface area (Å²) in [5.74, 6) is -0.00628. The Morgan fingerprint density at radius 2 is 1.95 bits per heavy atom. The highest BCUT2D eigenvalue weighted by Gasteiger charge is 2.24. The van der Waals surface area contributed by atoms with Gasteiger partial charge in [-0.1, -0.05) is 26.2 Å². The van der Waals surface area contributed by atoms with Gasteiger partial charge in [0.05, 0.1) is 7.11 Å². The summed E-state index contributed by atoms with van der Waals surface area (Å²) < 4.78 is 4.71. The minimum Gasteiger partial charge on any atom is -0.467 e. The van der Waals surface area contributed by atoms with E-state index in [1.165, 1.54) is 39.7 Å². The molecule has 3 atom stereocenters. The van der Waals surface area contributed by atoms with Crippen LogP contribution in [0.3, 0.4) is 0 Å². The van der Waals surface area contributed by atoms with Crippen molar-refractivity contribution in [1.82, 2.24) is 10.6 Å². The van der Waals surface area contributed by atoms with Gasteiger partial charge in [-0.25, -0.2) is 4.79 Å². The van der Waals surface area contributed by atoms with Gasteiger partial charge < -0.3 is 15.4 Å². The van der Waals surface area contributed by atoms with Crippen molar-refractivity contribution in [3.05, 3.63) is 0 Å². The molecule has 0 saturated heterocycles. The first-order valence-electron chi connectivity index (χ1n) is 7.13. The van der Waals surface area contributed by atoms with Gasteiger partial charge in [-0.2, -0.15) is 0 Å². The van der Waals surface area contributed by atoms with E-state index in [-0.39, 0.29) is 5.91 Å². The molecule has 0 radical (unpaired) electrons. The summed E-state index contributed by atoms with van der Waals surface area (Å²) in [4.78, 5) is 22.7. The zero-order chi connectivity index (χ0) is 14.3. The number of esters is 1. The predicted octanol–water partition coefficient (Wildman–Crippen LogP) is 1.22. The van der Waals surface area contributed by atoms with Crippen LogP contribution in [-0.4, -0.2) is 37.6 Å². The highest BCUT2D eigenvalue weighted by atomic mass is 16.5.